The fourth-order valence-electron chi connectivity index (χ4n) is 2.73. The first-order valence-electron chi connectivity index (χ1n) is 11.0. The summed E-state index contributed by atoms with van der Waals surface area (Å²) in [6.45, 7) is 15.0. The molecule has 0 radical (unpaired) electrons. The van der Waals surface area contributed by atoms with E-state index in [9.17, 15) is 0 Å². The Kier molecular flexibility index (Phi) is 14.9. The van der Waals surface area contributed by atoms with Crippen molar-refractivity contribution in [1.29, 1.82) is 0 Å². The molecule has 0 aromatic carbocycles. The van der Waals surface area contributed by atoms with Gasteiger partial charge in [-0.2, -0.15) is 0 Å². The zero-order valence-corrected chi connectivity index (χ0v) is 18.2. The van der Waals surface area contributed by atoms with Gasteiger partial charge in [-0.15, -0.1) is 0 Å². The molecule has 0 fully saturated rings. The zero-order chi connectivity index (χ0) is 19.1. The first-order chi connectivity index (χ1) is 11.9. The van der Waals surface area contributed by atoms with Gasteiger partial charge >= 0.3 is 0 Å². The fraction of sp³-hybridized carbons (Fsp3) is 1.00. The topological polar surface area (TPSA) is 27.7 Å². The highest BCUT2D eigenvalue weighted by atomic mass is 16.9. The van der Waals surface area contributed by atoms with E-state index in [0.29, 0.717) is 0 Å². The second-order valence-corrected chi connectivity index (χ2v) is 7.56. The predicted molar refractivity (Wildman–Crippen MR) is 108 cm³/mol. The highest BCUT2D eigenvalue weighted by molar-refractivity contribution is 4.67. The molecule has 0 amide bonds. The Morgan fingerprint density at radius 2 is 0.920 bits per heavy atom. The summed E-state index contributed by atoms with van der Waals surface area (Å²) in [6, 6.07) is 0. The van der Waals surface area contributed by atoms with E-state index in [1.165, 1.54) is 38.5 Å². The van der Waals surface area contributed by atoms with Crippen LogP contribution in [0.2, 0.25) is 0 Å². The molecular weight excluding hydrogens is 312 g/mol. The minimum absolute atomic E-state index is 0.137. The molecule has 0 aromatic heterocycles. The summed E-state index contributed by atoms with van der Waals surface area (Å²) in [5.74, 6) is -0.885. The van der Waals surface area contributed by atoms with Crippen LogP contribution in [0.5, 0.6) is 0 Å². The van der Waals surface area contributed by atoms with E-state index in [4.69, 9.17) is 14.2 Å². The lowest BCUT2D eigenvalue weighted by Crippen LogP contribution is -2.46. The van der Waals surface area contributed by atoms with Gasteiger partial charge in [-0.25, -0.2) is 0 Å². The SMILES string of the molecule is CCCCCCCCCC(OC(C)CC)(OC(C)CC)OC(C)CC. The van der Waals surface area contributed by atoms with Gasteiger partial charge in [0.15, 0.2) is 0 Å². The Hall–Kier alpha value is -0.120. The lowest BCUT2D eigenvalue weighted by Gasteiger charge is -2.39. The third kappa shape index (κ3) is 12.0. The molecule has 0 saturated heterocycles. The van der Waals surface area contributed by atoms with Crippen LogP contribution in [0.4, 0.5) is 0 Å². The molecule has 3 unspecified atom stereocenters. The number of ether oxygens (including phenoxy) is 3. The Labute approximate surface area is 158 Å². The van der Waals surface area contributed by atoms with E-state index in [0.717, 1.165) is 32.1 Å². The molecule has 0 spiro atoms. The number of hydrogen-bond acceptors (Lipinski definition) is 3. The summed E-state index contributed by atoms with van der Waals surface area (Å²) in [5.41, 5.74) is 0. The molecule has 0 rings (SSSR count). The van der Waals surface area contributed by atoms with Crippen LogP contribution in [0.25, 0.3) is 0 Å². The van der Waals surface area contributed by atoms with Crippen molar-refractivity contribution in [3.05, 3.63) is 0 Å². The minimum Gasteiger partial charge on any atom is -0.324 e. The lowest BCUT2D eigenvalue weighted by molar-refractivity contribution is -0.416. The van der Waals surface area contributed by atoms with Crippen molar-refractivity contribution >= 4 is 0 Å². The van der Waals surface area contributed by atoms with Crippen molar-refractivity contribution in [2.45, 2.75) is 143 Å². The van der Waals surface area contributed by atoms with Crippen LogP contribution >= 0.6 is 0 Å². The van der Waals surface area contributed by atoms with Crippen molar-refractivity contribution in [2.24, 2.45) is 0 Å². The van der Waals surface area contributed by atoms with Gasteiger partial charge < -0.3 is 14.2 Å². The molecule has 152 valence electrons. The molecule has 3 atom stereocenters. The highest BCUT2D eigenvalue weighted by Gasteiger charge is 2.37. The Balaban J connectivity index is 4.78. The van der Waals surface area contributed by atoms with Crippen LogP contribution in [-0.2, 0) is 14.2 Å². The Morgan fingerprint density at radius 1 is 0.560 bits per heavy atom. The van der Waals surface area contributed by atoms with Crippen LogP contribution < -0.4 is 0 Å². The normalized spacial score (nSPS) is 17.9. The number of unbranched alkanes of at least 4 members (excludes halogenated alkanes) is 6. The summed E-state index contributed by atoms with van der Waals surface area (Å²) in [6.07, 6.45) is 13.1. The highest BCUT2D eigenvalue weighted by Crippen LogP contribution is 2.30. The standard InChI is InChI=1S/C22H46O3/c1-8-12-13-14-15-16-17-18-22(23-19(5)9-2,24-20(6)10-3)25-21(7)11-4/h19-21H,8-18H2,1-7H3. The first-order valence-corrected chi connectivity index (χ1v) is 11.0. The van der Waals surface area contributed by atoms with E-state index in [2.05, 4.69) is 48.5 Å². The van der Waals surface area contributed by atoms with E-state index >= 15 is 0 Å². The number of hydrogen-bond donors (Lipinski definition) is 0. The molecular formula is C22H46O3. The molecule has 3 nitrogen and oxygen atoms in total. The van der Waals surface area contributed by atoms with Gasteiger partial charge in [-0.3, -0.25) is 0 Å². The fourth-order valence-corrected chi connectivity index (χ4v) is 2.73. The molecule has 25 heavy (non-hydrogen) atoms. The van der Waals surface area contributed by atoms with Crippen LogP contribution in [0.3, 0.4) is 0 Å². The van der Waals surface area contributed by atoms with Crippen molar-refractivity contribution in [3.63, 3.8) is 0 Å². The van der Waals surface area contributed by atoms with Gasteiger partial charge in [0.2, 0.25) is 0 Å². The number of rotatable bonds is 17. The second kappa shape index (κ2) is 15.0. The lowest BCUT2D eigenvalue weighted by atomic mass is 10.1. The van der Waals surface area contributed by atoms with Crippen molar-refractivity contribution in [2.75, 3.05) is 0 Å². The minimum atomic E-state index is -0.885. The van der Waals surface area contributed by atoms with E-state index in [-0.39, 0.29) is 18.3 Å². The molecule has 0 aliphatic rings. The molecule has 3 heteroatoms. The average molecular weight is 359 g/mol. The average Bonchev–Trinajstić information content (AvgIpc) is 2.60. The summed E-state index contributed by atoms with van der Waals surface area (Å²) in [4.78, 5) is 0. The van der Waals surface area contributed by atoms with Crippen LogP contribution in [0, 0.1) is 0 Å². The van der Waals surface area contributed by atoms with Crippen LogP contribution in [0.15, 0.2) is 0 Å². The third-order valence-corrected chi connectivity index (χ3v) is 4.95. The predicted octanol–water partition coefficient (Wildman–Crippen LogP) is 7.23. The molecule has 0 saturated carbocycles. The molecule has 0 aliphatic heterocycles. The summed E-state index contributed by atoms with van der Waals surface area (Å²) < 4.78 is 19.0. The summed E-state index contributed by atoms with van der Waals surface area (Å²) in [7, 11) is 0. The van der Waals surface area contributed by atoms with Gasteiger partial charge in [0, 0.05) is 6.42 Å². The van der Waals surface area contributed by atoms with Crippen LogP contribution in [-0.4, -0.2) is 24.3 Å². The maximum absolute atomic E-state index is 6.33. The molecule has 0 heterocycles. The molecule has 0 bridgehead atoms. The van der Waals surface area contributed by atoms with Crippen molar-refractivity contribution in [1.82, 2.24) is 0 Å². The molecule has 0 aliphatic carbocycles. The smallest absolute Gasteiger partial charge is 0.283 e. The van der Waals surface area contributed by atoms with Gasteiger partial charge in [0.25, 0.3) is 5.97 Å². The van der Waals surface area contributed by atoms with E-state index < -0.39 is 5.97 Å². The largest absolute Gasteiger partial charge is 0.324 e. The maximum atomic E-state index is 6.33. The third-order valence-electron chi connectivity index (χ3n) is 4.95. The van der Waals surface area contributed by atoms with Gasteiger partial charge in [0.05, 0.1) is 18.3 Å². The van der Waals surface area contributed by atoms with Gasteiger partial charge in [-0.05, 0) is 46.5 Å². The monoisotopic (exact) mass is 358 g/mol. The zero-order valence-electron chi connectivity index (χ0n) is 18.2. The Morgan fingerprint density at radius 3 is 1.28 bits per heavy atom. The van der Waals surface area contributed by atoms with E-state index in [1.54, 1.807) is 0 Å². The molecule has 0 N–H and O–H groups in total. The van der Waals surface area contributed by atoms with Crippen molar-refractivity contribution < 1.29 is 14.2 Å². The maximum Gasteiger partial charge on any atom is 0.283 e. The van der Waals surface area contributed by atoms with Gasteiger partial charge in [0.1, 0.15) is 0 Å². The van der Waals surface area contributed by atoms with Crippen molar-refractivity contribution in [3.8, 4) is 0 Å². The quantitative estimate of drug-likeness (QED) is 0.203. The molecule has 0 aromatic rings. The van der Waals surface area contributed by atoms with Crippen LogP contribution in [0.1, 0.15) is 119 Å². The first kappa shape index (κ1) is 24.9. The van der Waals surface area contributed by atoms with Gasteiger partial charge in [-0.1, -0.05) is 66.2 Å². The summed E-state index contributed by atoms with van der Waals surface area (Å²) in [5, 5.41) is 0. The summed E-state index contributed by atoms with van der Waals surface area (Å²) >= 11 is 0. The van der Waals surface area contributed by atoms with E-state index in [1.807, 2.05) is 0 Å². The Bertz CT molecular complexity index is 262. The second-order valence-electron chi connectivity index (χ2n) is 7.56.